The fourth-order valence-electron chi connectivity index (χ4n) is 2.13. The lowest BCUT2D eigenvalue weighted by Crippen LogP contribution is -2.34. The molecule has 0 aliphatic carbocycles. The summed E-state index contributed by atoms with van der Waals surface area (Å²) in [6, 6.07) is 20.2. The van der Waals surface area contributed by atoms with Crippen LogP contribution in [-0.2, 0) is 4.84 Å². The van der Waals surface area contributed by atoms with E-state index >= 15 is 0 Å². The monoisotopic (exact) mass is 279 g/mol. The van der Waals surface area contributed by atoms with Crippen LogP contribution in [0.2, 0.25) is 0 Å². The maximum Gasteiger partial charge on any atom is 0.138 e. The second-order valence-electron chi connectivity index (χ2n) is 4.72. The molecule has 3 rings (SSSR count). The highest BCUT2D eigenvalue weighted by Crippen LogP contribution is 2.26. The van der Waals surface area contributed by atoms with Gasteiger partial charge in [-0.1, -0.05) is 60.7 Å². The molecule has 0 fully saturated rings. The SMILES string of the molecule is NC1=CNN(OC(c2ccccc2)c2ccccc2)C=C1. The molecule has 1 aliphatic rings. The van der Waals surface area contributed by atoms with Crippen LogP contribution in [0, 0.1) is 0 Å². The first-order chi connectivity index (χ1) is 10.3. The van der Waals surface area contributed by atoms with Gasteiger partial charge >= 0.3 is 0 Å². The summed E-state index contributed by atoms with van der Waals surface area (Å²) in [5, 5.41) is 1.56. The Balaban J connectivity index is 1.85. The van der Waals surface area contributed by atoms with E-state index in [1.807, 2.05) is 36.4 Å². The van der Waals surface area contributed by atoms with E-state index in [4.69, 9.17) is 10.6 Å². The zero-order valence-corrected chi connectivity index (χ0v) is 11.5. The van der Waals surface area contributed by atoms with Crippen LogP contribution in [0.1, 0.15) is 17.2 Å². The molecule has 3 N–H and O–H groups in total. The molecule has 2 aromatic rings. The lowest BCUT2D eigenvalue weighted by atomic mass is 10.0. The number of hydroxylamine groups is 1. The van der Waals surface area contributed by atoms with Crippen molar-refractivity contribution in [2.24, 2.45) is 5.73 Å². The normalized spacial score (nSPS) is 14.0. The molecule has 0 saturated heterocycles. The summed E-state index contributed by atoms with van der Waals surface area (Å²) in [5.74, 6) is 0. The van der Waals surface area contributed by atoms with Crippen molar-refractivity contribution in [3.63, 3.8) is 0 Å². The standard InChI is InChI=1S/C17H17N3O/c18-16-11-12-20(19-13-16)21-17(14-7-3-1-4-8-14)15-9-5-2-6-10-15/h1-13,17,19H,18H2. The number of nitrogens with two attached hydrogens (primary N) is 1. The molecular weight excluding hydrogens is 262 g/mol. The molecule has 0 aromatic heterocycles. The average Bonchev–Trinajstić information content (AvgIpc) is 2.56. The van der Waals surface area contributed by atoms with Crippen LogP contribution >= 0.6 is 0 Å². The third kappa shape index (κ3) is 3.24. The van der Waals surface area contributed by atoms with Gasteiger partial charge in [-0.05, 0) is 17.2 Å². The number of hydrogen-bond donors (Lipinski definition) is 2. The van der Waals surface area contributed by atoms with Crippen LogP contribution in [0.3, 0.4) is 0 Å². The lowest BCUT2D eigenvalue weighted by molar-refractivity contribution is -0.179. The van der Waals surface area contributed by atoms with Crippen molar-refractivity contribution in [3.05, 3.63) is 96.0 Å². The predicted octanol–water partition coefficient (Wildman–Crippen LogP) is 2.84. The predicted molar refractivity (Wildman–Crippen MR) is 82.2 cm³/mol. The molecular formula is C17H17N3O. The Morgan fingerprint density at radius 1 is 0.905 bits per heavy atom. The Hall–Kier alpha value is -2.72. The van der Waals surface area contributed by atoms with Gasteiger partial charge in [-0.15, -0.1) is 0 Å². The first kappa shape index (κ1) is 13.3. The van der Waals surface area contributed by atoms with E-state index in [9.17, 15) is 0 Å². The van der Waals surface area contributed by atoms with Crippen LogP contribution < -0.4 is 11.2 Å². The van der Waals surface area contributed by atoms with Crippen molar-refractivity contribution < 1.29 is 4.84 Å². The first-order valence-corrected chi connectivity index (χ1v) is 6.79. The molecule has 4 heteroatoms. The van der Waals surface area contributed by atoms with Gasteiger partial charge < -0.3 is 5.73 Å². The van der Waals surface area contributed by atoms with Crippen molar-refractivity contribution in [3.8, 4) is 0 Å². The molecule has 0 amide bonds. The van der Waals surface area contributed by atoms with Gasteiger partial charge in [-0.25, -0.2) is 4.84 Å². The summed E-state index contributed by atoms with van der Waals surface area (Å²) < 4.78 is 0. The van der Waals surface area contributed by atoms with E-state index in [2.05, 4.69) is 29.7 Å². The zero-order chi connectivity index (χ0) is 14.5. The number of hydrogen-bond acceptors (Lipinski definition) is 4. The number of nitrogens with zero attached hydrogens (tertiary/aromatic N) is 1. The van der Waals surface area contributed by atoms with Gasteiger partial charge in [0.05, 0.1) is 11.9 Å². The molecule has 2 aromatic carbocycles. The fraction of sp³-hybridized carbons (Fsp3) is 0.0588. The quantitative estimate of drug-likeness (QED) is 0.903. The van der Waals surface area contributed by atoms with Crippen molar-refractivity contribution >= 4 is 0 Å². The van der Waals surface area contributed by atoms with Gasteiger partial charge in [0, 0.05) is 6.20 Å². The Kier molecular flexibility index (Phi) is 3.89. The zero-order valence-electron chi connectivity index (χ0n) is 11.5. The molecule has 0 saturated carbocycles. The van der Waals surface area contributed by atoms with E-state index in [1.165, 1.54) is 0 Å². The summed E-state index contributed by atoms with van der Waals surface area (Å²) in [4.78, 5) is 6.05. The van der Waals surface area contributed by atoms with Crippen LogP contribution in [0.4, 0.5) is 0 Å². The van der Waals surface area contributed by atoms with Crippen molar-refractivity contribution in [1.29, 1.82) is 0 Å². The van der Waals surface area contributed by atoms with Crippen LogP contribution in [0.5, 0.6) is 0 Å². The largest absolute Gasteiger partial charge is 0.397 e. The number of allylic oxidation sites excluding steroid dienone is 1. The van der Waals surface area contributed by atoms with Gasteiger partial charge in [0.25, 0.3) is 0 Å². The number of rotatable bonds is 4. The minimum Gasteiger partial charge on any atom is -0.397 e. The molecule has 1 aliphatic heterocycles. The second-order valence-corrected chi connectivity index (χ2v) is 4.72. The highest BCUT2D eigenvalue weighted by molar-refractivity contribution is 5.30. The van der Waals surface area contributed by atoms with E-state index < -0.39 is 0 Å². The minimum absolute atomic E-state index is 0.197. The molecule has 106 valence electrons. The maximum absolute atomic E-state index is 6.05. The summed E-state index contributed by atoms with van der Waals surface area (Å²) in [5.41, 5.74) is 11.5. The summed E-state index contributed by atoms with van der Waals surface area (Å²) in [6.07, 6.45) is 5.03. The summed E-state index contributed by atoms with van der Waals surface area (Å²) in [6.45, 7) is 0. The van der Waals surface area contributed by atoms with Crippen molar-refractivity contribution in [2.45, 2.75) is 6.10 Å². The van der Waals surface area contributed by atoms with Gasteiger partial charge in [0.2, 0.25) is 0 Å². The molecule has 1 heterocycles. The van der Waals surface area contributed by atoms with Gasteiger partial charge in [-0.2, -0.15) is 5.17 Å². The summed E-state index contributed by atoms with van der Waals surface area (Å²) in [7, 11) is 0. The van der Waals surface area contributed by atoms with Crippen LogP contribution in [0.15, 0.2) is 84.8 Å². The van der Waals surface area contributed by atoms with Gasteiger partial charge in [0.15, 0.2) is 0 Å². The van der Waals surface area contributed by atoms with E-state index in [0.29, 0.717) is 5.70 Å². The minimum atomic E-state index is -0.197. The van der Waals surface area contributed by atoms with Gasteiger partial charge in [0.1, 0.15) is 6.10 Å². The number of hydrazine groups is 1. The highest BCUT2D eigenvalue weighted by atomic mass is 16.7. The first-order valence-electron chi connectivity index (χ1n) is 6.79. The molecule has 0 atom stereocenters. The molecule has 21 heavy (non-hydrogen) atoms. The third-order valence-corrected chi connectivity index (χ3v) is 3.18. The topological polar surface area (TPSA) is 50.5 Å². The van der Waals surface area contributed by atoms with E-state index in [0.717, 1.165) is 11.1 Å². The Morgan fingerprint density at radius 3 is 1.95 bits per heavy atom. The third-order valence-electron chi connectivity index (χ3n) is 3.18. The Morgan fingerprint density at radius 2 is 1.48 bits per heavy atom. The van der Waals surface area contributed by atoms with Gasteiger partial charge in [-0.3, -0.25) is 5.43 Å². The molecule has 0 unspecified atom stereocenters. The fourth-order valence-corrected chi connectivity index (χ4v) is 2.13. The Labute approximate surface area is 124 Å². The molecule has 0 bridgehead atoms. The second kappa shape index (κ2) is 6.15. The smallest absolute Gasteiger partial charge is 0.138 e. The number of nitrogens with one attached hydrogen (secondary N) is 1. The lowest BCUT2D eigenvalue weighted by Gasteiger charge is -2.28. The summed E-state index contributed by atoms with van der Waals surface area (Å²) >= 11 is 0. The maximum atomic E-state index is 6.05. The van der Waals surface area contributed by atoms with Crippen LogP contribution in [0.25, 0.3) is 0 Å². The van der Waals surface area contributed by atoms with E-state index in [1.54, 1.807) is 23.6 Å². The van der Waals surface area contributed by atoms with Crippen molar-refractivity contribution in [2.75, 3.05) is 0 Å². The molecule has 4 nitrogen and oxygen atoms in total. The van der Waals surface area contributed by atoms with E-state index in [-0.39, 0.29) is 6.10 Å². The Bertz CT molecular complexity index is 598. The average molecular weight is 279 g/mol. The van der Waals surface area contributed by atoms with Crippen LogP contribution in [-0.4, -0.2) is 5.17 Å². The van der Waals surface area contributed by atoms with Crippen molar-refractivity contribution in [1.82, 2.24) is 10.6 Å². The highest BCUT2D eigenvalue weighted by Gasteiger charge is 2.18. The molecule has 0 radical (unpaired) electrons. The molecule has 0 spiro atoms. The number of benzene rings is 2.